The summed E-state index contributed by atoms with van der Waals surface area (Å²) in [6, 6.07) is 15.1. The minimum Gasteiger partial charge on any atom is -0.408 e. The van der Waals surface area contributed by atoms with E-state index in [4.69, 9.17) is 4.42 Å². The largest absolute Gasteiger partial charge is 0.420 e. The summed E-state index contributed by atoms with van der Waals surface area (Å²) >= 11 is 0. The van der Waals surface area contributed by atoms with Crippen molar-refractivity contribution in [2.24, 2.45) is 0 Å². The zero-order chi connectivity index (χ0) is 22.1. The highest BCUT2D eigenvalue weighted by atomic mass is 16.4. The van der Waals surface area contributed by atoms with Gasteiger partial charge in [-0.25, -0.2) is 4.79 Å². The fourth-order valence-corrected chi connectivity index (χ4v) is 4.54. The first kappa shape index (κ1) is 20.4. The molecule has 2 aliphatic rings. The van der Waals surface area contributed by atoms with E-state index in [9.17, 15) is 14.4 Å². The van der Waals surface area contributed by atoms with Crippen LogP contribution in [-0.4, -0.2) is 65.4 Å². The molecule has 0 bridgehead atoms. The first-order valence-corrected chi connectivity index (χ1v) is 11.1. The van der Waals surface area contributed by atoms with Gasteiger partial charge in [0, 0.05) is 50.5 Å². The van der Waals surface area contributed by atoms with E-state index in [-0.39, 0.29) is 18.4 Å². The fraction of sp³-hybridized carbons (Fsp3) is 0.375. The van der Waals surface area contributed by atoms with Gasteiger partial charge in [0.05, 0.1) is 5.52 Å². The van der Waals surface area contributed by atoms with Crippen molar-refractivity contribution in [1.82, 2.24) is 14.4 Å². The zero-order valence-electron chi connectivity index (χ0n) is 17.9. The number of likely N-dealkylation sites (tertiary alicyclic amines) is 1. The molecule has 0 aliphatic carbocycles. The van der Waals surface area contributed by atoms with Crippen molar-refractivity contribution in [1.29, 1.82) is 0 Å². The number of oxazole rings is 1. The second kappa shape index (κ2) is 8.53. The topological polar surface area (TPSA) is 79.0 Å². The SMILES string of the molecule is O=C(Cn1c(=O)oc2ccc(C(=O)N3CCCC3)cc21)N1CCN(c2ccccc2)CC1. The number of rotatable bonds is 4. The number of fused-ring (bicyclic) bond motifs is 1. The Kier molecular flexibility index (Phi) is 5.43. The average molecular weight is 434 g/mol. The van der Waals surface area contributed by atoms with E-state index in [1.54, 1.807) is 23.1 Å². The molecule has 3 aromatic rings. The number of piperazine rings is 1. The number of nitrogens with zero attached hydrogens (tertiary/aromatic N) is 4. The Hall–Kier alpha value is -3.55. The molecule has 2 saturated heterocycles. The van der Waals surface area contributed by atoms with Gasteiger partial charge in [0.15, 0.2) is 5.58 Å². The highest BCUT2D eigenvalue weighted by molar-refractivity contribution is 5.97. The van der Waals surface area contributed by atoms with Crippen LogP contribution >= 0.6 is 0 Å². The lowest BCUT2D eigenvalue weighted by molar-refractivity contribution is -0.132. The second-order valence-electron chi connectivity index (χ2n) is 8.34. The predicted octanol–water partition coefficient (Wildman–Crippen LogP) is 2.18. The van der Waals surface area contributed by atoms with Gasteiger partial charge in [-0.05, 0) is 43.2 Å². The van der Waals surface area contributed by atoms with Crippen LogP contribution in [0.4, 0.5) is 5.69 Å². The van der Waals surface area contributed by atoms with Crippen molar-refractivity contribution in [2.45, 2.75) is 19.4 Å². The number of para-hydroxylation sites is 1. The maximum absolute atomic E-state index is 13.0. The minimum absolute atomic E-state index is 0.0482. The second-order valence-corrected chi connectivity index (χ2v) is 8.34. The maximum atomic E-state index is 13.0. The van der Waals surface area contributed by atoms with Crippen molar-refractivity contribution in [3.05, 3.63) is 64.6 Å². The van der Waals surface area contributed by atoms with E-state index in [1.165, 1.54) is 4.57 Å². The Labute approximate surface area is 185 Å². The summed E-state index contributed by atoms with van der Waals surface area (Å²) in [5.74, 6) is -0.756. The zero-order valence-corrected chi connectivity index (χ0v) is 17.9. The smallest absolute Gasteiger partial charge is 0.408 e. The number of aromatic nitrogens is 1. The molecule has 0 N–H and O–H groups in total. The van der Waals surface area contributed by atoms with Crippen molar-refractivity contribution in [3.63, 3.8) is 0 Å². The highest BCUT2D eigenvalue weighted by Gasteiger charge is 2.24. The van der Waals surface area contributed by atoms with Crippen LogP contribution in [0.25, 0.3) is 11.1 Å². The Balaban J connectivity index is 1.31. The lowest BCUT2D eigenvalue weighted by Gasteiger charge is -2.36. The monoisotopic (exact) mass is 434 g/mol. The quantitative estimate of drug-likeness (QED) is 0.629. The van der Waals surface area contributed by atoms with Crippen LogP contribution in [0.1, 0.15) is 23.2 Å². The summed E-state index contributed by atoms with van der Waals surface area (Å²) in [5, 5.41) is 0. The number of carbonyl (C=O) groups excluding carboxylic acids is 2. The molecule has 8 nitrogen and oxygen atoms in total. The van der Waals surface area contributed by atoms with Crippen LogP contribution in [0.3, 0.4) is 0 Å². The molecule has 0 radical (unpaired) electrons. The molecule has 0 spiro atoms. The van der Waals surface area contributed by atoms with Crippen molar-refractivity contribution >= 4 is 28.6 Å². The van der Waals surface area contributed by atoms with E-state index in [0.717, 1.165) is 44.7 Å². The minimum atomic E-state index is -0.581. The number of anilines is 1. The van der Waals surface area contributed by atoms with Gasteiger partial charge in [-0.15, -0.1) is 0 Å². The van der Waals surface area contributed by atoms with E-state index in [1.807, 2.05) is 23.1 Å². The summed E-state index contributed by atoms with van der Waals surface area (Å²) in [7, 11) is 0. The summed E-state index contributed by atoms with van der Waals surface area (Å²) in [5.41, 5.74) is 2.52. The van der Waals surface area contributed by atoms with Gasteiger partial charge < -0.3 is 19.1 Å². The maximum Gasteiger partial charge on any atom is 0.420 e. The lowest BCUT2D eigenvalue weighted by Crippen LogP contribution is -2.50. The normalized spacial score (nSPS) is 16.7. The molecular formula is C24H26N4O4. The van der Waals surface area contributed by atoms with Crippen molar-refractivity contribution in [3.8, 4) is 0 Å². The Morgan fingerprint density at radius 2 is 1.56 bits per heavy atom. The fourth-order valence-electron chi connectivity index (χ4n) is 4.54. The third-order valence-electron chi connectivity index (χ3n) is 6.35. The highest BCUT2D eigenvalue weighted by Crippen LogP contribution is 2.20. The van der Waals surface area contributed by atoms with E-state index >= 15 is 0 Å². The molecule has 0 atom stereocenters. The third kappa shape index (κ3) is 3.88. The van der Waals surface area contributed by atoms with Crippen LogP contribution in [0.15, 0.2) is 57.7 Å². The average Bonchev–Trinajstić information content (AvgIpc) is 3.47. The van der Waals surface area contributed by atoms with Crippen LogP contribution < -0.4 is 10.7 Å². The standard InChI is InChI=1S/C24H26N4O4/c29-22(26-14-12-25(13-15-26)19-6-2-1-3-7-19)17-28-20-16-18(8-9-21(20)32-24(28)31)23(30)27-10-4-5-11-27/h1-3,6-9,16H,4-5,10-15,17H2. The van der Waals surface area contributed by atoms with Crippen LogP contribution in [0.2, 0.25) is 0 Å². The molecule has 8 heteroatoms. The van der Waals surface area contributed by atoms with E-state index in [0.29, 0.717) is 29.8 Å². The van der Waals surface area contributed by atoms with Crippen molar-refractivity contribution < 1.29 is 14.0 Å². The summed E-state index contributed by atoms with van der Waals surface area (Å²) in [6.45, 7) is 4.08. The number of carbonyl (C=O) groups is 2. The van der Waals surface area contributed by atoms with Crippen molar-refractivity contribution in [2.75, 3.05) is 44.2 Å². The molecule has 5 rings (SSSR count). The molecule has 0 unspecified atom stereocenters. The van der Waals surface area contributed by atoms with Gasteiger partial charge in [-0.1, -0.05) is 18.2 Å². The van der Waals surface area contributed by atoms with Crippen LogP contribution in [0, 0.1) is 0 Å². The molecule has 3 heterocycles. The van der Waals surface area contributed by atoms with Crippen LogP contribution in [-0.2, 0) is 11.3 Å². The predicted molar refractivity (Wildman–Crippen MR) is 121 cm³/mol. The van der Waals surface area contributed by atoms with Gasteiger partial charge in [0.1, 0.15) is 6.54 Å². The van der Waals surface area contributed by atoms with Crippen LogP contribution in [0.5, 0.6) is 0 Å². The summed E-state index contributed by atoms with van der Waals surface area (Å²) < 4.78 is 6.66. The molecular weight excluding hydrogens is 408 g/mol. The van der Waals surface area contributed by atoms with Gasteiger partial charge in [-0.2, -0.15) is 0 Å². The number of hydrogen-bond donors (Lipinski definition) is 0. The Morgan fingerprint density at radius 3 is 2.28 bits per heavy atom. The molecule has 2 aromatic carbocycles. The molecule has 1 aromatic heterocycles. The lowest BCUT2D eigenvalue weighted by atomic mass is 10.2. The van der Waals surface area contributed by atoms with Gasteiger partial charge in [0.2, 0.25) is 5.91 Å². The molecule has 2 aliphatic heterocycles. The summed E-state index contributed by atoms with van der Waals surface area (Å²) in [4.78, 5) is 44.0. The Bertz CT molecular complexity index is 1190. The summed E-state index contributed by atoms with van der Waals surface area (Å²) in [6.07, 6.45) is 2.02. The third-order valence-corrected chi connectivity index (χ3v) is 6.35. The van der Waals surface area contributed by atoms with Gasteiger partial charge in [-0.3, -0.25) is 14.2 Å². The van der Waals surface area contributed by atoms with E-state index in [2.05, 4.69) is 17.0 Å². The van der Waals surface area contributed by atoms with Gasteiger partial charge in [0.25, 0.3) is 5.91 Å². The molecule has 2 amide bonds. The molecule has 0 saturated carbocycles. The number of benzene rings is 2. The van der Waals surface area contributed by atoms with E-state index < -0.39 is 5.76 Å². The molecule has 32 heavy (non-hydrogen) atoms. The first-order chi connectivity index (χ1) is 15.6. The van der Waals surface area contributed by atoms with Gasteiger partial charge >= 0.3 is 5.76 Å². The number of hydrogen-bond acceptors (Lipinski definition) is 5. The number of amides is 2. The first-order valence-electron chi connectivity index (χ1n) is 11.1. The Morgan fingerprint density at radius 1 is 0.844 bits per heavy atom. The molecule has 166 valence electrons. The molecule has 2 fully saturated rings.